The van der Waals surface area contributed by atoms with E-state index in [0.717, 1.165) is 16.9 Å². The fourth-order valence-electron chi connectivity index (χ4n) is 1.46. The second kappa shape index (κ2) is 5.46. The Labute approximate surface area is 108 Å². The van der Waals surface area contributed by atoms with Crippen LogP contribution in [0.4, 0.5) is 0 Å². The van der Waals surface area contributed by atoms with Crippen LogP contribution in [0.25, 0.3) is 10.2 Å². The molecule has 0 spiro atoms. The highest BCUT2D eigenvalue weighted by Crippen LogP contribution is 2.21. The molecule has 1 heterocycles. The quantitative estimate of drug-likeness (QED) is 0.549. The molecule has 0 saturated heterocycles. The molecule has 0 bridgehead atoms. The lowest BCUT2D eigenvalue weighted by molar-refractivity contribution is 0.952. The molecule has 0 aliphatic rings. The average Bonchev–Trinajstić information content (AvgIpc) is 2.70. The van der Waals surface area contributed by atoms with E-state index in [0.29, 0.717) is 6.54 Å². The summed E-state index contributed by atoms with van der Waals surface area (Å²) < 4.78 is 1.17. The van der Waals surface area contributed by atoms with Gasteiger partial charge in [0.05, 0.1) is 15.2 Å². The van der Waals surface area contributed by atoms with Gasteiger partial charge in [0.15, 0.2) is 5.96 Å². The molecule has 0 fully saturated rings. The Kier molecular flexibility index (Phi) is 3.73. The Bertz CT molecular complexity index is 563. The summed E-state index contributed by atoms with van der Waals surface area (Å²) in [5.74, 6) is 0.00680. The average molecular weight is 262 g/mol. The zero-order valence-corrected chi connectivity index (χ0v) is 10.5. The van der Waals surface area contributed by atoms with Crippen LogP contribution < -0.4 is 17.2 Å². The van der Waals surface area contributed by atoms with Gasteiger partial charge in [-0.15, -0.1) is 11.3 Å². The lowest BCUT2D eigenvalue weighted by Crippen LogP contribution is -2.26. The zero-order valence-electron chi connectivity index (χ0n) is 9.71. The number of nitrogens with two attached hydrogens (primary N) is 3. The van der Waals surface area contributed by atoms with Gasteiger partial charge in [-0.3, -0.25) is 4.99 Å². The summed E-state index contributed by atoms with van der Waals surface area (Å²) >= 11 is 1.66. The maximum atomic E-state index is 5.50. The molecule has 6 N–H and O–H groups in total. The number of rotatable bonds is 3. The largest absolute Gasteiger partial charge is 0.370 e. The van der Waals surface area contributed by atoms with Crippen LogP contribution in [-0.2, 0) is 6.42 Å². The minimum Gasteiger partial charge on any atom is -0.370 e. The third-order valence-electron chi connectivity index (χ3n) is 2.18. The molecule has 0 saturated carbocycles. The second-order valence-electron chi connectivity index (χ2n) is 3.60. The van der Waals surface area contributed by atoms with Crippen LogP contribution in [0.5, 0.6) is 0 Å². The maximum absolute atomic E-state index is 5.50. The van der Waals surface area contributed by atoms with Crippen LogP contribution in [0, 0.1) is 0 Å². The summed E-state index contributed by atoms with van der Waals surface area (Å²) in [6, 6.07) is 8.01. The summed E-state index contributed by atoms with van der Waals surface area (Å²) in [4.78, 5) is 12.2. The molecular formula is C11H14N6S. The van der Waals surface area contributed by atoms with E-state index in [1.807, 2.05) is 24.3 Å². The predicted octanol–water partition coefficient (Wildman–Crippen LogP) is 0.427. The summed E-state index contributed by atoms with van der Waals surface area (Å²) in [5, 5.41) is 1.03. The smallest absolute Gasteiger partial charge is 0.218 e. The highest BCUT2D eigenvalue weighted by molar-refractivity contribution is 7.18. The number of aliphatic imine (C=N–C) groups is 2. The molecule has 0 aliphatic heterocycles. The lowest BCUT2D eigenvalue weighted by Gasteiger charge is -1.94. The van der Waals surface area contributed by atoms with Gasteiger partial charge in [-0.2, -0.15) is 4.99 Å². The Morgan fingerprint density at radius 1 is 1.22 bits per heavy atom. The van der Waals surface area contributed by atoms with E-state index in [1.54, 1.807) is 11.3 Å². The van der Waals surface area contributed by atoms with Gasteiger partial charge in [-0.1, -0.05) is 12.1 Å². The molecule has 2 rings (SSSR count). The Hall–Kier alpha value is -2.15. The number of para-hydroxylation sites is 1. The molecule has 1 aromatic carbocycles. The van der Waals surface area contributed by atoms with Gasteiger partial charge in [-0.25, -0.2) is 4.98 Å². The van der Waals surface area contributed by atoms with Crippen molar-refractivity contribution in [3.05, 3.63) is 29.3 Å². The van der Waals surface area contributed by atoms with Crippen molar-refractivity contribution in [1.29, 1.82) is 0 Å². The monoisotopic (exact) mass is 262 g/mol. The number of nitrogens with zero attached hydrogens (tertiary/aromatic N) is 3. The van der Waals surface area contributed by atoms with E-state index < -0.39 is 0 Å². The van der Waals surface area contributed by atoms with Crippen LogP contribution in [0.1, 0.15) is 5.01 Å². The van der Waals surface area contributed by atoms with Crippen LogP contribution in [-0.4, -0.2) is 23.4 Å². The lowest BCUT2D eigenvalue weighted by atomic mass is 10.3. The van der Waals surface area contributed by atoms with Crippen molar-refractivity contribution in [3.8, 4) is 0 Å². The van der Waals surface area contributed by atoms with Crippen molar-refractivity contribution in [2.24, 2.45) is 27.2 Å². The number of guanidine groups is 2. The molecule has 0 radical (unpaired) electrons. The van der Waals surface area contributed by atoms with Crippen LogP contribution in [0.3, 0.4) is 0 Å². The fourth-order valence-corrected chi connectivity index (χ4v) is 2.42. The molecule has 94 valence electrons. The van der Waals surface area contributed by atoms with E-state index >= 15 is 0 Å². The van der Waals surface area contributed by atoms with Crippen molar-refractivity contribution in [1.82, 2.24) is 4.98 Å². The normalized spacial score (nSPS) is 11.7. The Morgan fingerprint density at radius 3 is 2.72 bits per heavy atom. The molecule has 0 atom stereocenters. The van der Waals surface area contributed by atoms with Crippen molar-refractivity contribution in [3.63, 3.8) is 0 Å². The molecule has 7 heteroatoms. The molecule has 2 aromatic rings. The van der Waals surface area contributed by atoms with Crippen LogP contribution >= 0.6 is 11.3 Å². The molecule has 0 unspecified atom stereocenters. The second-order valence-corrected chi connectivity index (χ2v) is 4.72. The van der Waals surface area contributed by atoms with Crippen LogP contribution in [0.2, 0.25) is 0 Å². The van der Waals surface area contributed by atoms with E-state index in [9.17, 15) is 0 Å². The third-order valence-corrected chi connectivity index (χ3v) is 3.28. The van der Waals surface area contributed by atoms with Crippen molar-refractivity contribution in [2.45, 2.75) is 6.42 Å². The van der Waals surface area contributed by atoms with Gasteiger partial charge in [0.2, 0.25) is 5.96 Å². The van der Waals surface area contributed by atoms with E-state index in [4.69, 9.17) is 17.2 Å². The summed E-state index contributed by atoms with van der Waals surface area (Å²) in [5.41, 5.74) is 16.9. The van der Waals surface area contributed by atoms with Crippen LogP contribution in [0.15, 0.2) is 34.3 Å². The predicted molar refractivity (Wildman–Crippen MR) is 75.6 cm³/mol. The first-order valence-corrected chi connectivity index (χ1v) is 6.21. The highest BCUT2D eigenvalue weighted by Gasteiger charge is 2.02. The van der Waals surface area contributed by atoms with Crippen molar-refractivity contribution < 1.29 is 0 Å². The van der Waals surface area contributed by atoms with Gasteiger partial charge < -0.3 is 17.2 Å². The van der Waals surface area contributed by atoms with Gasteiger partial charge in [0.1, 0.15) is 0 Å². The van der Waals surface area contributed by atoms with Gasteiger partial charge in [-0.05, 0) is 12.1 Å². The molecule has 0 aliphatic carbocycles. The van der Waals surface area contributed by atoms with Gasteiger partial charge in [0.25, 0.3) is 0 Å². The maximum Gasteiger partial charge on any atom is 0.218 e. The fraction of sp³-hybridized carbons (Fsp3) is 0.182. The number of benzene rings is 1. The summed E-state index contributed by atoms with van der Waals surface area (Å²) in [7, 11) is 0. The first-order chi connectivity index (χ1) is 8.65. The highest BCUT2D eigenvalue weighted by atomic mass is 32.1. The number of hydrogen-bond donors (Lipinski definition) is 3. The standard InChI is InChI=1S/C11H14N6S/c12-10(13)17-11(14)15-6-5-9-16-7-3-1-2-4-8(7)18-9/h1-4H,5-6H2,(H6,12,13,14,15,17). The Morgan fingerprint density at radius 2 is 2.00 bits per heavy atom. The molecule has 0 amide bonds. The topological polar surface area (TPSA) is 116 Å². The van der Waals surface area contributed by atoms with Crippen molar-refractivity contribution in [2.75, 3.05) is 6.54 Å². The number of hydrogen-bond acceptors (Lipinski definition) is 3. The minimum absolute atomic E-state index is 0.0868. The molecule has 18 heavy (non-hydrogen) atoms. The molecule has 6 nitrogen and oxygen atoms in total. The summed E-state index contributed by atoms with van der Waals surface area (Å²) in [6.07, 6.45) is 0.722. The number of aromatic nitrogens is 1. The third kappa shape index (κ3) is 3.17. The zero-order chi connectivity index (χ0) is 13.0. The SMILES string of the molecule is NC(N)=NC(N)=NCCc1nc2ccccc2s1. The van der Waals surface area contributed by atoms with Gasteiger partial charge in [0, 0.05) is 13.0 Å². The molecular weight excluding hydrogens is 248 g/mol. The molecule has 1 aromatic heterocycles. The number of fused-ring (bicyclic) bond motifs is 1. The first kappa shape index (κ1) is 12.3. The Balaban J connectivity index is 2.00. The minimum atomic E-state index is -0.0868. The first-order valence-electron chi connectivity index (χ1n) is 5.39. The van der Waals surface area contributed by atoms with E-state index in [1.165, 1.54) is 4.70 Å². The van der Waals surface area contributed by atoms with E-state index in [-0.39, 0.29) is 11.9 Å². The summed E-state index contributed by atoms with van der Waals surface area (Å²) in [6.45, 7) is 0.516. The van der Waals surface area contributed by atoms with Crippen molar-refractivity contribution >= 4 is 33.5 Å². The number of thiazole rings is 1. The van der Waals surface area contributed by atoms with Gasteiger partial charge >= 0.3 is 0 Å². The van der Waals surface area contributed by atoms with E-state index in [2.05, 4.69) is 15.0 Å².